The lowest BCUT2D eigenvalue weighted by Crippen LogP contribution is -2.42. The van der Waals surface area contributed by atoms with Gasteiger partial charge in [0.1, 0.15) is 36.5 Å². The third-order valence-corrected chi connectivity index (χ3v) is 4.74. The van der Waals surface area contributed by atoms with E-state index in [-0.39, 0.29) is 12.4 Å². The maximum atomic E-state index is 12.2. The molecule has 12 nitrogen and oxygen atoms in total. The van der Waals surface area contributed by atoms with Gasteiger partial charge in [0.25, 0.3) is 5.91 Å². The number of nitrogens with zero attached hydrogens (tertiary/aromatic N) is 6. The van der Waals surface area contributed by atoms with Gasteiger partial charge in [0.05, 0.1) is 17.1 Å². The molecule has 0 spiro atoms. The van der Waals surface area contributed by atoms with Gasteiger partial charge in [-0.2, -0.15) is 10.4 Å². The van der Waals surface area contributed by atoms with Crippen molar-refractivity contribution in [3.63, 3.8) is 0 Å². The number of aryl methyl sites for hydroxylation is 1. The minimum absolute atomic E-state index is 0.214. The quantitative estimate of drug-likeness (QED) is 0.388. The van der Waals surface area contributed by atoms with E-state index in [1.165, 1.54) is 10.9 Å². The smallest absolute Gasteiger partial charge is 0.252 e. The van der Waals surface area contributed by atoms with Crippen molar-refractivity contribution < 1.29 is 19.7 Å². The normalized spacial score (nSPS) is 23.9. The Hall–Kier alpha value is -3.53. The SMILES string of the molecule is Cn1ccc(-c2cn([C@@H]3O[C@H](C(=O)NCC#N)[C@@H](O)[C@H]3O)c3ncnc(N)c23)n1. The lowest BCUT2D eigenvalue weighted by Gasteiger charge is -2.17. The molecule has 29 heavy (non-hydrogen) atoms. The molecule has 0 unspecified atom stereocenters. The molecule has 0 bridgehead atoms. The third kappa shape index (κ3) is 3.07. The highest BCUT2D eigenvalue weighted by atomic mass is 16.6. The van der Waals surface area contributed by atoms with Gasteiger partial charge in [-0.1, -0.05) is 0 Å². The average Bonchev–Trinajstić information content (AvgIpc) is 3.37. The molecule has 1 aliphatic rings. The second-order valence-electron chi connectivity index (χ2n) is 6.59. The predicted octanol–water partition coefficient (Wildman–Crippen LogP) is -1.33. The topological polar surface area (TPSA) is 177 Å². The first-order valence-electron chi connectivity index (χ1n) is 8.69. The zero-order chi connectivity index (χ0) is 20.7. The van der Waals surface area contributed by atoms with Crippen molar-refractivity contribution in [1.82, 2.24) is 29.6 Å². The number of amides is 1. The van der Waals surface area contributed by atoms with E-state index < -0.39 is 30.4 Å². The van der Waals surface area contributed by atoms with Crippen LogP contribution < -0.4 is 11.1 Å². The van der Waals surface area contributed by atoms with Crippen LogP contribution >= 0.6 is 0 Å². The number of nitrogen functional groups attached to an aromatic ring is 1. The lowest BCUT2D eigenvalue weighted by molar-refractivity contribution is -0.137. The number of fused-ring (bicyclic) bond motifs is 1. The van der Waals surface area contributed by atoms with Crippen molar-refractivity contribution in [2.75, 3.05) is 12.3 Å². The summed E-state index contributed by atoms with van der Waals surface area (Å²) in [4.78, 5) is 20.4. The van der Waals surface area contributed by atoms with Gasteiger partial charge in [0.2, 0.25) is 0 Å². The number of hydrogen-bond acceptors (Lipinski definition) is 9. The van der Waals surface area contributed by atoms with Crippen LogP contribution in [0.4, 0.5) is 5.82 Å². The summed E-state index contributed by atoms with van der Waals surface area (Å²) in [5, 5.41) is 36.6. The molecule has 1 amide bonds. The molecule has 4 heterocycles. The first kappa shape index (κ1) is 18.8. The van der Waals surface area contributed by atoms with E-state index in [9.17, 15) is 15.0 Å². The first-order chi connectivity index (χ1) is 13.9. The van der Waals surface area contributed by atoms with Gasteiger partial charge in [-0.25, -0.2) is 9.97 Å². The van der Waals surface area contributed by atoms with Gasteiger partial charge >= 0.3 is 0 Å². The van der Waals surface area contributed by atoms with Crippen molar-refractivity contribution >= 4 is 22.8 Å². The lowest BCUT2D eigenvalue weighted by atomic mass is 10.1. The number of hydrogen-bond donors (Lipinski definition) is 4. The number of anilines is 1. The number of aliphatic hydroxyl groups excluding tert-OH is 2. The number of ether oxygens (including phenoxy) is 1. The molecule has 3 aromatic rings. The van der Waals surface area contributed by atoms with Gasteiger partial charge in [0.15, 0.2) is 12.3 Å². The molecule has 4 rings (SSSR count). The van der Waals surface area contributed by atoms with Gasteiger partial charge in [0, 0.05) is 25.0 Å². The number of nitrogens with one attached hydrogen (secondary N) is 1. The number of carbonyl (C=O) groups excluding carboxylic acids is 1. The molecule has 4 atom stereocenters. The molecular weight excluding hydrogens is 380 g/mol. The van der Waals surface area contributed by atoms with Crippen molar-refractivity contribution in [3.8, 4) is 17.3 Å². The van der Waals surface area contributed by atoms with Crippen LogP contribution in [0.5, 0.6) is 0 Å². The fraction of sp³-hybridized carbons (Fsp3) is 0.353. The molecule has 150 valence electrons. The Morgan fingerprint density at radius 2 is 2.21 bits per heavy atom. The zero-order valence-corrected chi connectivity index (χ0v) is 15.3. The highest BCUT2D eigenvalue weighted by Gasteiger charge is 2.47. The molecular formula is C17H18N8O4. The van der Waals surface area contributed by atoms with Crippen molar-refractivity contribution in [2.24, 2.45) is 7.05 Å². The Labute approximate surface area is 164 Å². The summed E-state index contributed by atoms with van der Waals surface area (Å²) >= 11 is 0. The highest BCUT2D eigenvalue weighted by molar-refractivity contribution is 5.99. The summed E-state index contributed by atoms with van der Waals surface area (Å²) in [5.74, 6) is -0.484. The predicted molar refractivity (Wildman–Crippen MR) is 98.7 cm³/mol. The Kier molecular flexibility index (Phi) is 4.63. The molecule has 0 saturated carbocycles. The van der Waals surface area contributed by atoms with Crippen LogP contribution in [-0.2, 0) is 16.6 Å². The molecule has 0 radical (unpaired) electrons. The van der Waals surface area contributed by atoms with E-state index in [2.05, 4.69) is 20.4 Å². The van der Waals surface area contributed by atoms with Crippen LogP contribution in [0.2, 0.25) is 0 Å². The summed E-state index contributed by atoms with van der Waals surface area (Å²) in [6, 6.07) is 3.55. The van der Waals surface area contributed by atoms with Gasteiger partial charge < -0.3 is 30.6 Å². The number of aromatic nitrogens is 5. The van der Waals surface area contributed by atoms with Crippen LogP contribution in [-0.4, -0.2) is 65.3 Å². The minimum atomic E-state index is -1.49. The van der Waals surface area contributed by atoms with E-state index in [0.29, 0.717) is 22.3 Å². The number of aliphatic hydroxyl groups is 2. The third-order valence-electron chi connectivity index (χ3n) is 4.74. The van der Waals surface area contributed by atoms with Crippen LogP contribution in [0, 0.1) is 11.3 Å². The van der Waals surface area contributed by atoms with Gasteiger partial charge in [-0.05, 0) is 6.07 Å². The van der Waals surface area contributed by atoms with Crippen LogP contribution in [0.15, 0.2) is 24.8 Å². The van der Waals surface area contributed by atoms with Gasteiger partial charge in [-0.15, -0.1) is 0 Å². The Morgan fingerprint density at radius 1 is 1.41 bits per heavy atom. The Morgan fingerprint density at radius 3 is 2.90 bits per heavy atom. The molecule has 0 aromatic carbocycles. The summed E-state index contributed by atoms with van der Waals surface area (Å²) in [6.07, 6.45) is -0.710. The van der Waals surface area contributed by atoms with E-state index >= 15 is 0 Å². The minimum Gasteiger partial charge on any atom is -0.387 e. The molecule has 3 aromatic heterocycles. The molecule has 1 aliphatic heterocycles. The fourth-order valence-corrected chi connectivity index (χ4v) is 3.39. The summed E-state index contributed by atoms with van der Waals surface area (Å²) in [6.45, 7) is -0.244. The van der Waals surface area contributed by atoms with Crippen LogP contribution in [0.25, 0.3) is 22.3 Å². The largest absolute Gasteiger partial charge is 0.387 e. The molecule has 0 aliphatic carbocycles. The summed E-state index contributed by atoms with van der Waals surface area (Å²) in [5.41, 5.74) is 7.63. The van der Waals surface area contributed by atoms with Crippen molar-refractivity contribution in [3.05, 3.63) is 24.8 Å². The monoisotopic (exact) mass is 398 g/mol. The van der Waals surface area contributed by atoms with E-state index in [1.807, 2.05) is 0 Å². The molecule has 1 fully saturated rings. The van der Waals surface area contributed by atoms with Crippen molar-refractivity contribution in [2.45, 2.75) is 24.5 Å². The molecule has 5 N–H and O–H groups in total. The second-order valence-corrected chi connectivity index (χ2v) is 6.59. The first-order valence-corrected chi connectivity index (χ1v) is 8.69. The molecule has 1 saturated heterocycles. The van der Waals surface area contributed by atoms with Crippen LogP contribution in [0.1, 0.15) is 6.23 Å². The Balaban J connectivity index is 1.78. The zero-order valence-electron chi connectivity index (χ0n) is 15.3. The second kappa shape index (κ2) is 7.13. The number of nitriles is 1. The standard InChI is InChI=1S/C17H18N8O4/c1-24-5-2-9(23-24)8-6-25(15-10(8)14(19)21-7-22-15)17-12(27)11(26)13(29-17)16(28)20-4-3-18/h2,5-7,11-13,17,26-27H,4H2,1H3,(H,20,28)(H2,19,21,22)/t11-,12+,13-,17+/m0/s1. The number of nitrogens with two attached hydrogens (primary N) is 1. The number of carbonyl (C=O) groups is 1. The maximum Gasteiger partial charge on any atom is 0.252 e. The fourth-order valence-electron chi connectivity index (χ4n) is 3.39. The summed E-state index contributed by atoms with van der Waals surface area (Å²) in [7, 11) is 1.77. The molecule has 12 heteroatoms. The maximum absolute atomic E-state index is 12.2. The van der Waals surface area contributed by atoms with E-state index in [4.69, 9.17) is 15.7 Å². The number of rotatable bonds is 4. The average molecular weight is 398 g/mol. The van der Waals surface area contributed by atoms with E-state index in [0.717, 1.165) is 0 Å². The van der Waals surface area contributed by atoms with Crippen molar-refractivity contribution in [1.29, 1.82) is 5.26 Å². The van der Waals surface area contributed by atoms with Gasteiger partial charge in [-0.3, -0.25) is 9.48 Å². The van der Waals surface area contributed by atoms with Crippen LogP contribution in [0.3, 0.4) is 0 Å². The Bertz CT molecular complexity index is 1120. The van der Waals surface area contributed by atoms with E-state index in [1.54, 1.807) is 36.3 Å². The summed E-state index contributed by atoms with van der Waals surface area (Å²) < 4.78 is 8.76. The highest BCUT2D eigenvalue weighted by Crippen LogP contribution is 2.37.